The van der Waals surface area contributed by atoms with E-state index in [9.17, 15) is 4.79 Å². The van der Waals surface area contributed by atoms with Crippen molar-refractivity contribution in [3.8, 4) is 5.75 Å². The number of fused-ring (bicyclic) bond motifs is 7. The molecule has 2 atom stereocenters. The highest BCUT2D eigenvalue weighted by atomic mass is 16.6. The predicted molar refractivity (Wildman–Crippen MR) is 95.7 cm³/mol. The molecule has 4 rings (SSSR count). The van der Waals surface area contributed by atoms with Crippen LogP contribution in [-0.2, 0) is 4.74 Å². The molecule has 3 heterocycles. The number of aromatic nitrogens is 3. The maximum atomic E-state index is 11.9. The molecule has 2 unspecified atom stereocenters. The minimum Gasteiger partial charge on any atom is -0.492 e. The summed E-state index contributed by atoms with van der Waals surface area (Å²) in [6.07, 6.45) is 7.41. The van der Waals surface area contributed by atoms with E-state index in [1.165, 1.54) is 0 Å². The minimum atomic E-state index is -0.332. The minimum absolute atomic E-state index is 0.0391. The van der Waals surface area contributed by atoms with Crippen LogP contribution < -0.4 is 15.4 Å². The number of carbonyl (C=O) groups excluding carboxylic acids is 1. The van der Waals surface area contributed by atoms with Gasteiger partial charge in [0, 0.05) is 30.3 Å². The van der Waals surface area contributed by atoms with Crippen molar-refractivity contribution >= 4 is 17.6 Å². The van der Waals surface area contributed by atoms with Crippen molar-refractivity contribution in [3.63, 3.8) is 0 Å². The first-order valence-corrected chi connectivity index (χ1v) is 9.11. The van der Waals surface area contributed by atoms with Crippen LogP contribution in [0.25, 0.3) is 0 Å². The summed E-state index contributed by atoms with van der Waals surface area (Å²) < 4.78 is 11.3. The van der Waals surface area contributed by atoms with Gasteiger partial charge in [0.25, 0.3) is 0 Å². The topological polar surface area (TPSA) is 101 Å². The molecular weight excluding hydrogens is 334 g/mol. The Balaban J connectivity index is 1.51. The molecular formula is C18H23N5O3. The third-order valence-corrected chi connectivity index (χ3v) is 4.79. The lowest BCUT2D eigenvalue weighted by Crippen LogP contribution is -2.29. The Morgan fingerprint density at radius 1 is 1.15 bits per heavy atom. The van der Waals surface area contributed by atoms with E-state index in [1.54, 1.807) is 12.4 Å². The van der Waals surface area contributed by atoms with Gasteiger partial charge in [-0.3, -0.25) is 10.1 Å². The second-order valence-electron chi connectivity index (χ2n) is 6.76. The van der Waals surface area contributed by atoms with E-state index in [1.807, 2.05) is 12.1 Å². The van der Waals surface area contributed by atoms with Gasteiger partial charge in [-0.15, -0.1) is 0 Å². The van der Waals surface area contributed by atoms with Gasteiger partial charge in [0.2, 0.25) is 0 Å². The molecule has 6 bridgehead atoms. The first-order valence-electron chi connectivity index (χ1n) is 9.11. The zero-order valence-electron chi connectivity index (χ0n) is 14.5. The van der Waals surface area contributed by atoms with Gasteiger partial charge in [0.1, 0.15) is 11.9 Å². The van der Waals surface area contributed by atoms with Crippen LogP contribution in [-0.4, -0.2) is 40.5 Å². The fourth-order valence-corrected chi connectivity index (χ4v) is 3.45. The molecule has 26 heavy (non-hydrogen) atoms. The Hall–Kier alpha value is -2.77. The van der Waals surface area contributed by atoms with Gasteiger partial charge in [0.05, 0.1) is 24.7 Å². The molecule has 2 aromatic rings. The van der Waals surface area contributed by atoms with E-state index in [0.29, 0.717) is 24.8 Å². The highest BCUT2D eigenvalue weighted by molar-refractivity contribution is 5.67. The largest absolute Gasteiger partial charge is 0.492 e. The lowest BCUT2D eigenvalue weighted by molar-refractivity contribution is 0.0999. The first-order chi connectivity index (χ1) is 12.8. The second kappa shape index (κ2) is 7.63. The van der Waals surface area contributed by atoms with E-state index in [2.05, 4.69) is 25.8 Å². The fourth-order valence-electron chi connectivity index (χ4n) is 3.45. The summed E-state index contributed by atoms with van der Waals surface area (Å²) in [5, 5.41) is 13.5. The quantitative estimate of drug-likeness (QED) is 0.670. The molecule has 0 radical (unpaired) electrons. The monoisotopic (exact) mass is 357 g/mol. The zero-order valence-corrected chi connectivity index (χ0v) is 14.5. The fraction of sp³-hybridized carbons (Fsp3) is 0.500. The van der Waals surface area contributed by atoms with Crippen molar-refractivity contribution in [1.29, 1.82) is 0 Å². The van der Waals surface area contributed by atoms with E-state index in [4.69, 9.17) is 9.47 Å². The average molecular weight is 357 g/mol. The summed E-state index contributed by atoms with van der Waals surface area (Å²) in [7, 11) is 0. The second-order valence-corrected chi connectivity index (χ2v) is 6.76. The zero-order chi connectivity index (χ0) is 17.8. The maximum absolute atomic E-state index is 11.9. The molecule has 1 aliphatic carbocycles. The maximum Gasteiger partial charge on any atom is 0.407 e. The number of nitrogens with one attached hydrogen (secondary N) is 3. The van der Waals surface area contributed by atoms with Crippen molar-refractivity contribution in [2.75, 3.05) is 18.5 Å². The lowest BCUT2D eigenvalue weighted by Gasteiger charge is -2.13. The predicted octanol–water partition coefficient (Wildman–Crippen LogP) is 3.08. The van der Waals surface area contributed by atoms with Crippen LogP contribution in [0.15, 0.2) is 24.5 Å². The van der Waals surface area contributed by atoms with Crippen molar-refractivity contribution < 1.29 is 14.3 Å². The molecule has 8 heteroatoms. The smallest absolute Gasteiger partial charge is 0.407 e. The van der Waals surface area contributed by atoms with Crippen molar-refractivity contribution in [3.05, 3.63) is 30.2 Å². The highest BCUT2D eigenvalue weighted by Gasteiger charge is 2.29. The Morgan fingerprint density at radius 3 is 3.08 bits per heavy atom. The molecule has 138 valence electrons. The molecule has 0 spiro atoms. The van der Waals surface area contributed by atoms with Crippen molar-refractivity contribution in [2.45, 2.75) is 44.1 Å². The van der Waals surface area contributed by atoms with Gasteiger partial charge in [0.15, 0.2) is 5.82 Å². The number of ether oxygens (including phenoxy) is 2. The summed E-state index contributed by atoms with van der Waals surface area (Å²) in [5.74, 6) is 1.77. The summed E-state index contributed by atoms with van der Waals surface area (Å²) >= 11 is 0. The Morgan fingerprint density at radius 2 is 2.12 bits per heavy atom. The molecule has 1 saturated carbocycles. The SMILES string of the molecule is O=C1NCCCCOc2cncc(c2)Nc2cc([nH]n2)C2CCC(C2)O1. The van der Waals surface area contributed by atoms with Crippen molar-refractivity contribution in [2.24, 2.45) is 0 Å². The number of carbonyl (C=O) groups is 1. The van der Waals surface area contributed by atoms with E-state index in [-0.39, 0.29) is 12.2 Å². The third kappa shape index (κ3) is 4.07. The average Bonchev–Trinajstić information content (AvgIpc) is 3.27. The van der Waals surface area contributed by atoms with Gasteiger partial charge < -0.3 is 20.1 Å². The number of H-pyrrole nitrogens is 1. The Kier molecular flexibility index (Phi) is 4.90. The number of anilines is 2. The van der Waals surface area contributed by atoms with Gasteiger partial charge in [-0.1, -0.05) is 0 Å². The molecule has 1 amide bonds. The van der Waals surface area contributed by atoms with Gasteiger partial charge >= 0.3 is 6.09 Å². The van der Waals surface area contributed by atoms with Crippen LogP contribution in [0.3, 0.4) is 0 Å². The highest BCUT2D eigenvalue weighted by Crippen LogP contribution is 2.36. The number of alkyl carbamates (subject to hydrolysis) is 1. The first kappa shape index (κ1) is 16.7. The Bertz CT molecular complexity index is 763. The number of hydrogen-bond acceptors (Lipinski definition) is 6. The normalized spacial score (nSPS) is 23.6. The number of nitrogens with zero attached hydrogens (tertiary/aromatic N) is 2. The summed E-state index contributed by atoms with van der Waals surface area (Å²) in [6.45, 7) is 1.15. The molecule has 8 nitrogen and oxygen atoms in total. The van der Waals surface area contributed by atoms with Gasteiger partial charge in [-0.05, 0) is 32.1 Å². The number of amides is 1. The van der Waals surface area contributed by atoms with Crippen LogP contribution in [0.5, 0.6) is 5.75 Å². The number of hydrogen-bond donors (Lipinski definition) is 3. The number of pyridine rings is 1. The molecule has 0 saturated heterocycles. The van der Waals surface area contributed by atoms with Crippen LogP contribution in [0.1, 0.15) is 43.7 Å². The summed E-state index contributed by atoms with van der Waals surface area (Å²) in [5.41, 5.74) is 1.89. The van der Waals surface area contributed by atoms with Crippen LogP contribution in [0.4, 0.5) is 16.3 Å². The van der Waals surface area contributed by atoms with Gasteiger partial charge in [-0.2, -0.15) is 5.10 Å². The summed E-state index contributed by atoms with van der Waals surface area (Å²) in [6, 6.07) is 3.91. The van der Waals surface area contributed by atoms with E-state index < -0.39 is 0 Å². The van der Waals surface area contributed by atoms with Crippen LogP contribution in [0, 0.1) is 0 Å². The molecule has 3 N–H and O–H groups in total. The lowest BCUT2D eigenvalue weighted by atomic mass is 10.0. The van der Waals surface area contributed by atoms with Gasteiger partial charge in [-0.25, -0.2) is 4.79 Å². The molecule has 2 aliphatic rings. The van der Waals surface area contributed by atoms with Crippen LogP contribution >= 0.6 is 0 Å². The molecule has 1 fully saturated rings. The van der Waals surface area contributed by atoms with E-state index >= 15 is 0 Å². The molecule has 1 aliphatic heterocycles. The third-order valence-electron chi connectivity index (χ3n) is 4.79. The number of aromatic amines is 1. The molecule has 0 aromatic carbocycles. The van der Waals surface area contributed by atoms with Crippen molar-refractivity contribution in [1.82, 2.24) is 20.5 Å². The molecule has 2 aromatic heterocycles. The van der Waals surface area contributed by atoms with Crippen LogP contribution in [0.2, 0.25) is 0 Å². The summed E-state index contributed by atoms with van der Waals surface area (Å²) in [4.78, 5) is 16.1. The number of rotatable bonds is 0. The standard InChI is InChI=1S/C18H23N5O3/c24-18-20-5-1-2-6-25-15-8-13(10-19-11-15)21-17-9-16(22-23-17)12-3-4-14(7-12)26-18/h8-12,14H,1-7H2,(H,20,24)(H2,21,22,23). The Labute approximate surface area is 151 Å². The van der Waals surface area contributed by atoms with E-state index in [0.717, 1.165) is 49.3 Å².